The third kappa shape index (κ3) is 8.60. The first-order valence-electron chi connectivity index (χ1n) is 9.25. The predicted molar refractivity (Wildman–Crippen MR) is 125 cm³/mol. The third-order valence-electron chi connectivity index (χ3n) is 4.15. The fourth-order valence-corrected chi connectivity index (χ4v) is 2.69. The zero-order chi connectivity index (χ0) is 21.1. The number of likely N-dealkylation sites (N-methyl/N-ethyl adjacent to an activating group) is 1. The summed E-state index contributed by atoms with van der Waals surface area (Å²) >= 11 is 0. The standard InChI is InChI=1S/C21H27F2N3O3.HI/c1-24-21(26(2)13-14-28-17-7-5-4-6-8-17)25-12-11-16-9-10-18(27-3)19(15-16)29-20(22)23;/h4-10,15,20H,11-14H2,1-3H3,(H,24,25);1H. The van der Waals surface area contributed by atoms with Crippen LogP contribution in [0.3, 0.4) is 0 Å². The second-order valence-corrected chi connectivity index (χ2v) is 6.17. The summed E-state index contributed by atoms with van der Waals surface area (Å²) in [4.78, 5) is 6.22. The SMILES string of the molecule is CN=C(NCCc1ccc(OC)c(OC(F)F)c1)N(C)CCOc1ccccc1.I. The van der Waals surface area contributed by atoms with E-state index in [2.05, 4.69) is 15.0 Å². The fourth-order valence-electron chi connectivity index (χ4n) is 2.69. The molecule has 0 saturated heterocycles. The van der Waals surface area contributed by atoms with Crippen molar-refractivity contribution in [2.24, 2.45) is 4.99 Å². The second-order valence-electron chi connectivity index (χ2n) is 6.17. The number of aliphatic imine (C=N–C) groups is 1. The van der Waals surface area contributed by atoms with Crippen LogP contribution in [0.25, 0.3) is 0 Å². The zero-order valence-electron chi connectivity index (χ0n) is 17.3. The number of guanidine groups is 1. The summed E-state index contributed by atoms with van der Waals surface area (Å²) in [5.41, 5.74) is 0.847. The van der Waals surface area contributed by atoms with E-state index in [0.29, 0.717) is 26.1 Å². The lowest BCUT2D eigenvalue weighted by Gasteiger charge is -2.22. The molecule has 0 atom stereocenters. The number of nitrogens with one attached hydrogen (secondary N) is 1. The molecule has 0 bridgehead atoms. The van der Waals surface area contributed by atoms with Gasteiger partial charge in [0.2, 0.25) is 0 Å². The molecule has 0 fully saturated rings. The van der Waals surface area contributed by atoms with Crippen LogP contribution >= 0.6 is 24.0 Å². The summed E-state index contributed by atoms with van der Waals surface area (Å²) in [6, 6.07) is 14.6. The smallest absolute Gasteiger partial charge is 0.387 e. The minimum Gasteiger partial charge on any atom is -0.493 e. The van der Waals surface area contributed by atoms with Crippen LogP contribution in [0.15, 0.2) is 53.5 Å². The highest BCUT2D eigenvalue weighted by atomic mass is 127. The fraction of sp³-hybridized carbons (Fsp3) is 0.381. The lowest BCUT2D eigenvalue weighted by Crippen LogP contribution is -2.41. The molecule has 2 aromatic carbocycles. The zero-order valence-corrected chi connectivity index (χ0v) is 19.6. The van der Waals surface area contributed by atoms with Crippen LogP contribution in [0.1, 0.15) is 5.56 Å². The highest BCUT2D eigenvalue weighted by Crippen LogP contribution is 2.29. The Labute approximate surface area is 193 Å². The van der Waals surface area contributed by atoms with Gasteiger partial charge in [0.1, 0.15) is 12.4 Å². The van der Waals surface area contributed by atoms with Crippen LogP contribution in [-0.2, 0) is 6.42 Å². The molecule has 0 aliphatic carbocycles. The molecule has 0 heterocycles. The Hall–Kier alpha value is -2.30. The molecule has 0 radical (unpaired) electrons. The molecule has 1 N–H and O–H groups in total. The molecule has 0 aromatic heterocycles. The van der Waals surface area contributed by atoms with Gasteiger partial charge in [0, 0.05) is 20.6 Å². The van der Waals surface area contributed by atoms with Crippen LogP contribution < -0.4 is 19.5 Å². The van der Waals surface area contributed by atoms with Crippen LogP contribution in [0.2, 0.25) is 0 Å². The topological polar surface area (TPSA) is 55.3 Å². The maximum atomic E-state index is 12.5. The summed E-state index contributed by atoms with van der Waals surface area (Å²) in [6.45, 7) is -1.14. The Balaban J connectivity index is 0.00000450. The molecule has 30 heavy (non-hydrogen) atoms. The molecule has 0 saturated carbocycles. The van der Waals surface area contributed by atoms with Gasteiger partial charge in [-0.25, -0.2) is 0 Å². The van der Waals surface area contributed by atoms with Crippen LogP contribution in [0.4, 0.5) is 8.78 Å². The van der Waals surface area contributed by atoms with E-state index in [4.69, 9.17) is 9.47 Å². The van der Waals surface area contributed by atoms with Crippen molar-refractivity contribution >= 4 is 29.9 Å². The maximum absolute atomic E-state index is 12.5. The number of methoxy groups -OCH3 is 1. The number of hydrogen-bond acceptors (Lipinski definition) is 4. The molecule has 0 spiro atoms. The first-order valence-corrected chi connectivity index (χ1v) is 9.25. The minimum absolute atomic E-state index is 0. The van der Waals surface area contributed by atoms with E-state index >= 15 is 0 Å². The van der Waals surface area contributed by atoms with Gasteiger partial charge in [0.05, 0.1) is 13.7 Å². The summed E-state index contributed by atoms with van der Waals surface area (Å²) < 4.78 is 40.4. The molecule has 6 nitrogen and oxygen atoms in total. The van der Waals surface area contributed by atoms with Gasteiger partial charge < -0.3 is 24.4 Å². The molecule has 0 aliphatic rings. The average molecular weight is 535 g/mol. The van der Waals surface area contributed by atoms with E-state index < -0.39 is 6.61 Å². The van der Waals surface area contributed by atoms with Gasteiger partial charge in [-0.1, -0.05) is 24.3 Å². The lowest BCUT2D eigenvalue weighted by atomic mass is 10.1. The van der Waals surface area contributed by atoms with Gasteiger partial charge in [0.15, 0.2) is 17.5 Å². The lowest BCUT2D eigenvalue weighted by molar-refractivity contribution is -0.0512. The van der Waals surface area contributed by atoms with E-state index in [9.17, 15) is 8.78 Å². The van der Waals surface area contributed by atoms with Crippen molar-refractivity contribution in [1.82, 2.24) is 10.2 Å². The van der Waals surface area contributed by atoms with Crippen LogP contribution in [0.5, 0.6) is 17.2 Å². The Morgan fingerprint density at radius 2 is 1.87 bits per heavy atom. The third-order valence-corrected chi connectivity index (χ3v) is 4.15. The molecular weight excluding hydrogens is 507 g/mol. The van der Waals surface area contributed by atoms with Crippen molar-refractivity contribution in [2.45, 2.75) is 13.0 Å². The summed E-state index contributed by atoms with van der Waals surface area (Å²) in [5, 5.41) is 3.26. The number of nitrogens with zero attached hydrogens (tertiary/aromatic N) is 2. The number of halogens is 3. The van der Waals surface area contributed by atoms with Gasteiger partial charge in [0.25, 0.3) is 0 Å². The molecule has 2 rings (SSSR count). The Kier molecular flexibility index (Phi) is 11.9. The van der Waals surface area contributed by atoms with Gasteiger partial charge in [-0.2, -0.15) is 8.78 Å². The Morgan fingerprint density at radius 3 is 2.50 bits per heavy atom. The number of alkyl halides is 2. The van der Waals surface area contributed by atoms with Crippen molar-refractivity contribution < 1.29 is 23.0 Å². The van der Waals surface area contributed by atoms with E-state index in [1.807, 2.05) is 48.3 Å². The van der Waals surface area contributed by atoms with E-state index in [-0.39, 0.29) is 35.5 Å². The van der Waals surface area contributed by atoms with Crippen molar-refractivity contribution in [2.75, 3.05) is 40.9 Å². The molecule has 0 unspecified atom stereocenters. The number of hydrogen-bond donors (Lipinski definition) is 1. The second kappa shape index (κ2) is 13.8. The van der Waals surface area contributed by atoms with Crippen LogP contribution in [-0.4, -0.2) is 58.4 Å². The number of benzene rings is 2. The minimum atomic E-state index is -2.90. The van der Waals surface area contributed by atoms with E-state index in [0.717, 1.165) is 17.3 Å². The molecular formula is C21H28F2IN3O3. The average Bonchev–Trinajstić information content (AvgIpc) is 2.71. The summed E-state index contributed by atoms with van der Waals surface area (Å²) in [7, 11) is 5.04. The van der Waals surface area contributed by atoms with Gasteiger partial charge >= 0.3 is 6.61 Å². The number of para-hydroxylation sites is 1. The van der Waals surface area contributed by atoms with Gasteiger partial charge in [-0.15, -0.1) is 24.0 Å². The molecule has 0 amide bonds. The molecule has 2 aromatic rings. The monoisotopic (exact) mass is 535 g/mol. The van der Waals surface area contributed by atoms with Crippen molar-refractivity contribution in [3.8, 4) is 17.2 Å². The molecule has 166 valence electrons. The number of rotatable bonds is 10. The quantitative estimate of drug-likeness (QED) is 0.283. The summed E-state index contributed by atoms with van der Waals surface area (Å²) in [5.74, 6) is 1.85. The van der Waals surface area contributed by atoms with Crippen molar-refractivity contribution in [3.63, 3.8) is 0 Å². The maximum Gasteiger partial charge on any atom is 0.387 e. The highest BCUT2D eigenvalue weighted by Gasteiger charge is 2.12. The van der Waals surface area contributed by atoms with Crippen molar-refractivity contribution in [1.29, 1.82) is 0 Å². The molecule has 0 aliphatic heterocycles. The van der Waals surface area contributed by atoms with Crippen LogP contribution in [0, 0.1) is 0 Å². The largest absolute Gasteiger partial charge is 0.493 e. The van der Waals surface area contributed by atoms with Gasteiger partial charge in [-0.05, 0) is 36.2 Å². The van der Waals surface area contributed by atoms with Gasteiger partial charge in [-0.3, -0.25) is 4.99 Å². The van der Waals surface area contributed by atoms with E-state index in [1.54, 1.807) is 19.2 Å². The van der Waals surface area contributed by atoms with E-state index in [1.165, 1.54) is 7.11 Å². The first-order chi connectivity index (χ1) is 14.0. The normalized spacial score (nSPS) is 10.9. The number of ether oxygens (including phenoxy) is 3. The Bertz CT molecular complexity index is 779. The highest BCUT2D eigenvalue weighted by molar-refractivity contribution is 14.0. The predicted octanol–water partition coefficient (Wildman–Crippen LogP) is 4.04. The molecule has 9 heteroatoms. The first kappa shape index (κ1) is 25.7. The van der Waals surface area contributed by atoms with Crippen molar-refractivity contribution in [3.05, 3.63) is 54.1 Å². The summed E-state index contributed by atoms with van der Waals surface area (Å²) in [6.07, 6.45) is 0.608. The Morgan fingerprint density at radius 1 is 1.13 bits per heavy atom.